The van der Waals surface area contributed by atoms with Crippen molar-refractivity contribution in [2.45, 2.75) is 18.9 Å². The summed E-state index contributed by atoms with van der Waals surface area (Å²) < 4.78 is 1.71. The number of aryl methyl sites for hydroxylation is 1. The minimum Gasteiger partial charge on any atom is -0.480 e. The number of aromatic nitrogens is 2. The van der Waals surface area contributed by atoms with Gasteiger partial charge in [-0.25, -0.2) is 9.78 Å². The number of amides is 1. The summed E-state index contributed by atoms with van der Waals surface area (Å²) in [7, 11) is 1.77. The van der Waals surface area contributed by atoms with E-state index in [4.69, 9.17) is 26.2 Å². The van der Waals surface area contributed by atoms with Crippen molar-refractivity contribution in [2.24, 2.45) is 12.8 Å². The first-order valence-electron chi connectivity index (χ1n) is 5.78. The standard InChI is InChI=1S/C10H16N4O3.HNO3/c1-14-6-12-5-7(14)4-8(10(16)17)13-9(15)2-3-11;2-1(3)4/h5-6,8H,2-4,11H2,1H3,(H,13,15)(H,16,17);(H,2,3,4)/t8-;/m1./s1. The van der Waals surface area contributed by atoms with Crippen molar-refractivity contribution in [1.29, 1.82) is 0 Å². The number of carbonyl (C=O) groups is 2. The Bertz CT molecular complexity index is 484. The predicted molar refractivity (Wildman–Crippen MR) is 68.9 cm³/mol. The Kier molecular flexibility index (Phi) is 8.07. The highest BCUT2D eigenvalue weighted by Crippen LogP contribution is 2.02. The molecule has 1 rings (SSSR count). The molecule has 1 aromatic heterocycles. The van der Waals surface area contributed by atoms with Crippen LogP contribution in [0.5, 0.6) is 0 Å². The largest absolute Gasteiger partial charge is 0.480 e. The van der Waals surface area contributed by atoms with Crippen molar-refractivity contribution in [3.05, 3.63) is 28.3 Å². The van der Waals surface area contributed by atoms with Crippen LogP contribution >= 0.6 is 0 Å². The molecule has 0 aliphatic carbocycles. The molecule has 0 fully saturated rings. The monoisotopic (exact) mass is 303 g/mol. The molecule has 0 spiro atoms. The first-order valence-corrected chi connectivity index (χ1v) is 5.78. The summed E-state index contributed by atoms with van der Waals surface area (Å²) in [5, 5.41) is 25.1. The highest BCUT2D eigenvalue weighted by Gasteiger charge is 2.21. The van der Waals surface area contributed by atoms with Crippen LogP contribution in [0.4, 0.5) is 0 Å². The Morgan fingerprint density at radius 1 is 1.62 bits per heavy atom. The number of carboxylic acid groups (broad SMARTS) is 1. The van der Waals surface area contributed by atoms with E-state index in [-0.39, 0.29) is 25.3 Å². The van der Waals surface area contributed by atoms with E-state index in [1.807, 2.05) is 0 Å². The van der Waals surface area contributed by atoms with Gasteiger partial charge >= 0.3 is 5.97 Å². The van der Waals surface area contributed by atoms with Crippen molar-refractivity contribution in [1.82, 2.24) is 14.9 Å². The smallest absolute Gasteiger partial charge is 0.326 e. The van der Waals surface area contributed by atoms with Gasteiger partial charge < -0.3 is 25.9 Å². The zero-order valence-electron chi connectivity index (χ0n) is 11.3. The highest BCUT2D eigenvalue weighted by molar-refractivity contribution is 5.83. The lowest BCUT2D eigenvalue weighted by molar-refractivity contribution is -0.742. The van der Waals surface area contributed by atoms with Crippen LogP contribution < -0.4 is 11.1 Å². The Hall–Kier alpha value is -2.69. The summed E-state index contributed by atoms with van der Waals surface area (Å²) >= 11 is 0. The van der Waals surface area contributed by atoms with Crippen LogP contribution in [-0.2, 0) is 23.1 Å². The van der Waals surface area contributed by atoms with Gasteiger partial charge in [0.2, 0.25) is 5.91 Å². The average molecular weight is 303 g/mol. The summed E-state index contributed by atoms with van der Waals surface area (Å²) in [6.45, 7) is 0.198. The molecule has 0 saturated heterocycles. The molecule has 0 aromatic carbocycles. The number of hydrogen-bond acceptors (Lipinski definition) is 6. The van der Waals surface area contributed by atoms with Gasteiger partial charge in [-0.05, 0) is 0 Å². The fourth-order valence-electron chi connectivity index (χ4n) is 1.39. The van der Waals surface area contributed by atoms with Crippen molar-refractivity contribution in [3.8, 4) is 0 Å². The number of aliphatic carboxylic acids is 1. The van der Waals surface area contributed by atoms with E-state index in [0.717, 1.165) is 5.69 Å². The first kappa shape index (κ1) is 18.3. The molecule has 0 aliphatic rings. The second kappa shape index (κ2) is 9.25. The van der Waals surface area contributed by atoms with Crippen LogP contribution in [0.1, 0.15) is 12.1 Å². The summed E-state index contributed by atoms with van der Waals surface area (Å²) in [6, 6.07) is -0.954. The van der Waals surface area contributed by atoms with E-state index in [1.54, 1.807) is 24.1 Å². The topological polar surface area (TPSA) is 174 Å². The maximum absolute atomic E-state index is 11.3. The number of imidazole rings is 1. The molecule has 5 N–H and O–H groups in total. The number of nitrogens with zero attached hydrogens (tertiary/aromatic N) is 3. The third-order valence-electron chi connectivity index (χ3n) is 2.33. The van der Waals surface area contributed by atoms with Crippen LogP contribution in [0.2, 0.25) is 0 Å². The van der Waals surface area contributed by atoms with Crippen molar-refractivity contribution >= 4 is 11.9 Å². The number of nitrogens with one attached hydrogen (secondary N) is 1. The lowest BCUT2D eigenvalue weighted by Crippen LogP contribution is -2.43. The number of rotatable bonds is 6. The minimum atomic E-state index is -1.50. The SMILES string of the molecule is Cn1cncc1C[C@@H](NC(=O)CCN)C(=O)O.O=[N+]([O-])O. The Morgan fingerprint density at radius 2 is 2.19 bits per heavy atom. The molecule has 11 heteroatoms. The summed E-state index contributed by atoms with van der Waals surface area (Å²) in [6.07, 6.45) is 3.47. The zero-order valence-corrected chi connectivity index (χ0v) is 11.3. The second-order valence-electron chi connectivity index (χ2n) is 3.93. The molecule has 118 valence electrons. The maximum Gasteiger partial charge on any atom is 0.326 e. The molecular formula is C10H17N5O6. The van der Waals surface area contributed by atoms with Gasteiger partial charge in [0.1, 0.15) is 6.04 Å². The van der Waals surface area contributed by atoms with Gasteiger partial charge in [0.05, 0.1) is 6.33 Å². The Balaban J connectivity index is 0.000000885. The van der Waals surface area contributed by atoms with E-state index >= 15 is 0 Å². The lowest BCUT2D eigenvalue weighted by Gasteiger charge is -2.14. The molecule has 0 unspecified atom stereocenters. The molecule has 21 heavy (non-hydrogen) atoms. The fraction of sp³-hybridized carbons (Fsp3) is 0.500. The molecule has 0 aliphatic heterocycles. The lowest BCUT2D eigenvalue weighted by atomic mass is 10.1. The van der Waals surface area contributed by atoms with Gasteiger partial charge in [0.15, 0.2) is 0 Å². The van der Waals surface area contributed by atoms with E-state index in [0.29, 0.717) is 0 Å². The van der Waals surface area contributed by atoms with Gasteiger partial charge in [-0.3, -0.25) is 4.79 Å². The van der Waals surface area contributed by atoms with Crippen LogP contribution in [-0.4, -0.2) is 49.4 Å². The van der Waals surface area contributed by atoms with Crippen LogP contribution in [0.25, 0.3) is 0 Å². The quantitative estimate of drug-likeness (QED) is 0.364. The van der Waals surface area contributed by atoms with Gasteiger partial charge in [0.25, 0.3) is 5.09 Å². The molecule has 0 bridgehead atoms. The highest BCUT2D eigenvalue weighted by atomic mass is 16.9. The van der Waals surface area contributed by atoms with E-state index in [1.165, 1.54) is 0 Å². The molecular weight excluding hydrogens is 286 g/mol. The van der Waals surface area contributed by atoms with E-state index in [9.17, 15) is 9.59 Å². The molecule has 1 heterocycles. The molecule has 0 radical (unpaired) electrons. The minimum absolute atomic E-state index is 0.120. The summed E-state index contributed by atoms with van der Waals surface area (Å²) in [4.78, 5) is 34.5. The van der Waals surface area contributed by atoms with Crippen LogP contribution in [0.15, 0.2) is 12.5 Å². The van der Waals surface area contributed by atoms with Gasteiger partial charge in [-0.15, -0.1) is 10.1 Å². The number of hydrogen-bond donors (Lipinski definition) is 4. The molecule has 11 nitrogen and oxygen atoms in total. The number of carboxylic acids is 1. The molecule has 1 amide bonds. The van der Waals surface area contributed by atoms with Crippen molar-refractivity contribution in [3.63, 3.8) is 0 Å². The Labute approximate surface area is 119 Å². The molecule has 0 saturated carbocycles. The van der Waals surface area contributed by atoms with E-state index in [2.05, 4.69) is 10.3 Å². The van der Waals surface area contributed by atoms with Crippen molar-refractivity contribution in [2.75, 3.05) is 6.54 Å². The van der Waals surface area contributed by atoms with Gasteiger partial charge in [0, 0.05) is 38.3 Å². The van der Waals surface area contributed by atoms with E-state index < -0.39 is 17.1 Å². The van der Waals surface area contributed by atoms with Gasteiger partial charge in [-0.1, -0.05) is 0 Å². The van der Waals surface area contributed by atoms with Crippen LogP contribution in [0.3, 0.4) is 0 Å². The third-order valence-corrected chi connectivity index (χ3v) is 2.33. The second-order valence-corrected chi connectivity index (χ2v) is 3.93. The number of carbonyl (C=O) groups excluding carboxylic acids is 1. The zero-order chi connectivity index (χ0) is 16.4. The predicted octanol–water partition coefficient (Wildman–Crippen LogP) is -1.47. The normalized spacial score (nSPS) is 11.0. The molecule has 1 aromatic rings. The summed E-state index contributed by atoms with van der Waals surface area (Å²) in [5.74, 6) is -1.43. The van der Waals surface area contributed by atoms with Crippen LogP contribution in [0, 0.1) is 10.1 Å². The Morgan fingerprint density at radius 3 is 2.57 bits per heavy atom. The average Bonchev–Trinajstić information content (AvgIpc) is 2.73. The maximum atomic E-state index is 11.3. The third kappa shape index (κ3) is 8.15. The summed E-state index contributed by atoms with van der Waals surface area (Å²) in [5.41, 5.74) is 5.96. The fourth-order valence-corrected chi connectivity index (χ4v) is 1.39. The first-order chi connectivity index (χ1) is 9.77. The van der Waals surface area contributed by atoms with Gasteiger partial charge in [-0.2, -0.15) is 0 Å². The molecule has 1 atom stereocenters. The van der Waals surface area contributed by atoms with Crippen molar-refractivity contribution < 1.29 is 25.0 Å². The number of nitrogens with two attached hydrogens (primary N) is 1.